The third-order valence-corrected chi connectivity index (χ3v) is 6.24. The van der Waals surface area contributed by atoms with Gasteiger partial charge in [-0.25, -0.2) is 0 Å². The van der Waals surface area contributed by atoms with Gasteiger partial charge in [0.1, 0.15) is 5.75 Å². The van der Waals surface area contributed by atoms with E-state index in [2.05, 4.69) is 5.32 Å². The number of amides is 1. The van der Waals surface area contributed by atoms with Gasteiger partial charge in [0.05, 0.1) is 22.7 Å². The number of β-amino-alcohol motifs (C(OH)–C–C–N with tert-alkyl or cyclic N) is 1. The lowest BCUT2D eigenvalue weighted by Crippen LogP contribution is -2.58. The zero-order valence-corrected chi connectivity index (χ0v) is 16.8. The summed E-state index contributed by atoms with van der Waals surface area (Å²) < 4.78 is 5.92. The normalized spacial score (nSPS) is 20.4. The molecule has 1 amide bonds. The molecule has 2 N–H and O–H groups in total. The predicted molar refractivity (Wildman–Crippen MR) is 108 cm³/mol. The fourth-order valence-corrected chi connectivity index (χ4v) is 4.45. The van der Waals surface area contributed by atoms with Crippen LogP contribution in [0.2, 0.25) is 0 Å². The highest BCUT2D eigenvalue weighted by Gasteiger charge is 2.44. The van der Waals surface area contributed by atoms with Gasteiger partial charge < -0.3 is 20.1 Å². The molecular weight excluding hydrogens is 376 g/mol. The summed E-state index contributed by atoms with van der Waals surface area (Å²) in [5.41, 5.74) is -0.951. The highest BCUT2D eigenvalue weighted by molar-refractivity contribution is 7.12. The smallest absolute Gasteiger partial charge is 0.270 e. The molecule has 0 saturated carbocycles. The fraction of sp³-hybridized carbons (Fsp3) is 0.429. The summed E-state index contributed by atoms with van der Waals surface area (Å²) >= 11 is 1.38. The van der Waals surface area contributed by atoms with E-state index in [9.17, 15) is 14.7 Å². The summed E-state index contributed by atoms with van der Waals surface area (Å²) in [6.45, 7) is 5.05. The van der Waals surface area contributed by atoms with E-state index in [1.165, 1.54) is 11.3 Å². The largest absolute Gasteiger partial charge is 0.476 e. The Hall–Kier alpha value is -2.22. The molecule has 148 valence electrons. The number of piperidine rings is 1. The Bertz CT molecular complexity index is 901. The number of fused-ring (bicyclic) bond motifs is 1. The molecule has 2 aliphatic heterocycles. The molecule has 28 heavy (non-hydrogen) atoms. The molecule has 7 heteroatoms. The number of rotatable bonds is 4. The number of carbonyl (C=O) groups is 2. The van der Waals surface area contributed by atoms with E-state index in [-0.39, 0.29) is 18.2 Å². The molecule has 3 heterocycles. The molecule has 1 saturated heterocycles. The first-order valence-electron chi connectivity index (χ1n) is 9.45. The van der Waals surface area contributed by atoms with Crippen molar-refractivity contribution in [3.63, 3.8) is 0 Å². The molecule has 0 bridgehead atoms. The number of aliphatic hydroxyl groups is 1. The van der Waals surface area contributed by atoms with Crippen LogP contribution in [0, 0.1) is 0 Å². The molecule has 2 aliphatic rings. The molecule has 1 aromatic heterocycles. The van der Waals surface area contributed by atoms with Crippen molar-refractivity contribution in [3.05, 3.63) is 46.2 Å². The molecule has 2 aromatic rings. The van der Waals surface area contributed by atoms with Gasteiger partial charge in [0.2, 0.25) is 5.78 Å². The molecule has 0 atom stereocenters. The second kappa shape index (κ2) is 6.99. The van der Waals surface area contributed by atoms with Crippen molar-refractivity contribution in [1.29, 1.82) is 0 Å². The van der Waals surface area contributed by atoms with E-state index in [1.807, 2.05) is 11.4 Å². The van der Waals surface area contributed by atoms with Crippen LogP contribution in [0.5, 0.6) is 5.75 Å². The van der Waals surface area contributed by atoms with Gasteiger partial charge in [0, 0.05) is 5.56 Å². The topological polar surface area (TPSA) is 78.9 Å². The lowest BCUT2D eigenvalue weighted by Gasteiger charge is -2.43. The second-order valence-electron chi connectivity index (χ2n) is 7.97. The minimum absolute atomic E-state index is 0.0874. The van der Waals surface area contributed by atoms with E-state index >= 15 is 0 Å². The van der Waals surface area contributed by atoms with Crippen LogP contribution >= 0.6 is 11.3 Å². The molecule has 1 aromatic carbocycles. The van der Waals surface area contributed by atoms with Crippen molar-refractivity contribution >= 4 is 28.7 Å². The Morgan fingerprint density at radius 3 is 2.71 bits per heavy atom. The molecule has 0 spiro atoms. The number of nitrogens with zero attached hydrogens (tertiary/aromatic N) is 1. The lowest BCUT2D eigenvalue weighted by atomic mass is 9.90. The second-order valence-corrected chi connectivity index (χ2v) is 8.91. The van der Waals surface area contributed by atoms with Gasteiger partial charge in [0.15, 0.2) is 5.60 Å². The zero-order valence-electron chi connectivity index (χ0n) is 16.0. The Morgan fingerprint density at radius 1 is 1.29 bits per heavy atom. The van der Waals surface area contributed by atoms with Crippen molar-refractivity contribution in [2.24, 2.45) is 0 Å². The van der Waals surface area contributed by atoms with Crippen molar-refractivity contribution < 1.29 is 19.4 Å². The van der Waals surface area contributed by atoms with E-state index in [0.29, 0.717) is 47.8 Å². The number of nitrogens with one attached hydrogen (secondary N) is 1. The van der Waals surface area contributed by atoms with Gasteiger partial charge in [-0.2, -0.15) is 0 Å². The maximum absolute atomic E-state index is 13.1. The van der Waals surface area contributed by atoms with Crippen LogP contribution in [0.25, 0.3) is 0 Å². The number of carbonyl (C=O) groups excluding carboxylic acids is 2. The molecule has 0 radical (unpaired) electrons. The fourth-order valence-electron chi connectivity index (χ4n) is 3.76. The number of anilines is 1. The van der Waals surface area contributed by atoms with E-state index < -0.39 is 11.2 Å². The third-order valence-electron chi connectivity index (χ3n) is 5.37. The average molecular weight is 401 g/mol. The molecular formula is C21H24N2O4S. The van der Waals surface area contributed by atoms with Gasteiger partial charge in [-0.05, 0) is 69.4 Å². The Morgan fingerprint density at radius 2 is 2.04 bits per heavy atom. The molecule has 0 unspecified atom stereocenters. The van der Waals surface area contributed by atoms with Crippen LogP contribution in [-0.2, 0) is 4.79 Å². The minimum atomic E-state index is -1.03. The SMILES string of the molecule is CC1(C)Oc2ccc(C(=O)c3cccs3)cc2N(CC2(O)CCNCC2)C1=O. The zero-order chi connectivity index (χ0) is 19.9. The number of hydrogen-bond donors (Lipinski definition) is 2. The predicted octanol–water partition coefficient (Wildman–Crippen LogP) is 2.60. The van der Waals surface area contributed by atoms with Crippen molar-refractivity contribution in [2.75, 3.05) is 24.5 Å². The van der Waals surface area contributed by atoms with Crippen LogP contribution in [0.3, 0.4) is 0 Å². The first kappa shape index (κ1) is 19.1. The maximum atomic E-state index is 13.1. The lowest BCUT2D eigenvalue weighted by molar-refractivity contribution is -0.133. The summed E-state index contributed by atoms with van der Waals surface area (Å²) in [6, 6.07) is 8.79. The van der Waals surface area contributed by atoms with Crippen LogP contribution < -0.4 is 15.0 Å². The highest BCUT2D eigenvalue weighted by atomic mass is 32.1. The molecule has 4 rings (SSSR count). The van der Waals surface area contributed by atoms with E-state index in [1.54, 1.807) is 43.0 Å². The van der Waals surface area contributed by atoms with Gasteiger partial charge >= 0.3 is 0 Å². The van der Waals surface area contributed by atoms with Gasteiger partial charge in [-0.15, -0.1) is 11.3 Å². The minimum Gasteiger partial charge on any atom is -0.476 e. The quantitative estimate of drug-likeness (QED) is 0.772. The van der Waals surface area contributed by atoms with E-state index in [4.69, 9.17) is 4.74 Å². The first-order chi connectivity index (χ1) is 13.3. The molecule has 6 nitrogen and oxygen atoms in total. The summed E-state index contributed by atoms with van der Waals surface area (Å²) in [4.78, 5) is 28.1. The Kier molecular flexibility index (Phi) is 4.77. The van der Waals surface area contributed by atoms with Crippen LogP contribution in [0.1, 0.15) is 41.9 Å². The Labute approximate surface area is 168 Å². The molecule has 1 fully saturated rings. The monoisotopic (exact) mass is 400 g/mol. The van der Waals surface area contributed by atoms with E-state index in [0.717, 1.165) is 0 Å². The van der Waals surface area contributed by atoms with Gasteiger partial charge in [-0.1, -0.05) is 6.07 Å². The molecule has 0 aliphatic carbocycles. The third kappa shape index (κ3) is 3.45. The summed E-state index contributed by atoms with van der Waals surface area (Å²) in [7, 11) is 0. The van der Waals surface area contributed by atoms with Crippen LogP contribution in [0.15, 0.2) is 35.7 Å². The summed E-state index contributed by atoms with van der Waals surface area (Å²) in [6.07, 6.45) is 1.14. The Balaban J connectivity index is 1.72. The van der Waals surface area contributed by atoms with Crippen LogP contribution in [-0.4, -0.2) is 47.6 Å². The summed E-state index contributed by atoms with van der Waals surface area (Å²) in [5.74, 6) is 0.244. The highest BCUT2D eigenvalue weighted by Crippen LogP contribution is 2.40. The van der Waals surface area contributed by atoms with Crippen molar-refractivity contribution in [1.82, 2.24) is 5.32 Å². The number of ether oxygens (including phenoxy) is 1. The van der Waals surface area contributed by atoms with Gasteiger partial charge in [-0.3, -0.25) is 9.59 Å². The first-order valence-corrected chi connectivity index (χ1v) is 10.3. The van der Waals surface area contributed by atoms with Crippen molar-refractivity contribution in [2.45, 2.75) is 37.9 Å². The standard InChI is InChI=1S/C21H24N2O4S/c1-20(2)19(25)23(13-21(26)7-9-22-10-8-21)15-12-14(5-6-16(15)27-20)18(24)17-4-3-11-28-17/h3-6,11-12,22,26H,7-10,13H2,1-2H3. The summed E-state index contributed by atoms with van der Waals surface area (Å²) in [5, 5.41) is 16.1. The van der Waals surface area contributed by atoms with Gasteiger partial charge in [0.25, 0.3) is 5.91 Å². The number of hydrogen-bond acceptors (Lipinski definition) is 6. The number of ketones is 1. The number of benzene rings is 1. The van der Waals surface area contributed by atoms with Crippen LogP contribution in [0.4, 0.5) is 5.69 Å². The number of thiophene rings is 1. The van der Waals surface area contributed by atoms with Crippen molar-refractivity contribution in [3.8, 4) is 5.75 Å². The average Bonchev–Trinajstić information content (AvgIpc) is 3.20. The maximum Gasteiger partial charge on any atom is 0.270 e.